The SMILES string of the molecule is C=C1CN(S(=O)(=O)c2ccc(C)cc2)C[C@H]1c1c2c(cn1Cc1ccccc1)CCCC2. The van der Waals surface area contributed by atoms with Crippen LogP contribution in [0, 0.1) is 6.92 Å². The number of benzene rings is 2. The summed E-state index contributed by atoms with van der Waals surface area (Å²) >= 11 is 0. The lowest BCUT2D eigenvalue weighted by molar-refractivity contribution is 0.471. The van der Waals surface area contributed by atoms with Crippen molar-refractivity contribution in [3.8, 4) is 0 Å². The summed E-state index contributed by atoms with van der Waals surface area (Å²) in [6.45, 7) is 7.95. The molecule has 0 N–H and O–H groups in total. The number of hydrogen-bond donors (Lipinski definition) is 0. The molecule has 2 heterocycles. The first kappa shape index (κ1) is 21.2. The van der Waals surface area contributed by atoms with Crippen LogP contribution in [-0.4, -0.2) is 30.4 Å². The molecule has 0 radical (unpaired) electrons. The fourth-order valence-electron chi connectivity index (χ4n) is 5.17. The first-order chi connectivity index (χ1) is 15.4. The van der Waals surface area contributed by atoms with Gasteiger partial charge >= 0.3 is 0 Å². The fourth-order valence-corrected chi connectivity index (χ4v) is 6.63. The van der Waals surface area contributed by atoms with Crippen LogP contribution in [0.5, 0.6) is 0 Å². The van der Waals surface area contributed by atoms with Gasteiger partial charge in [0.05, 0.1) is 4.90 Å². The molecule has 4 nitrogen and oxygen atoms in total. The molecule has 0 amide bonds. The fraction of sp³-hybridized carbons (Fsp3) is 0.333. The van der Waals surface area contributed by atoms with Gasteiger partial charge in [0.25, 0.3) is 0 Å². The molecular formula is C27H30N2O2S. The first-order valence-electron chi connectivity index (χ1n) is 11.4. The minimum atomic E-state index is -3.54. The molecule has 0 bridgehead atoms. The molecule has 3 aromatic rings. The van der Waals surface area contributed by atoms with Crippen LogP contribution in [0.1, 0.15) is 46.7 Å². The van der Waals surface area contributed by atoms with Gasteiger partial charge in [0.15, 0.2) is 0 Å². The summed E-state index contributed by atoms with van der Waals surface area (Å²) in [5, 5.41) is 0. The molecule has 5 heteroatoms. The maximum absolute atomic E-state index is 13.3. The zero-order valence-corrected chi connectivity index (χ0v) is 19.4. The van der Waals surface area contributed by atoms with Crippen molar-refractivity contribution in [3.63, 3.8) is 0 Å². The Balaban J connectivity index is 1.50. The summed E-state index contributed by atoms with van der Waals surface area (Å²) < 4.78 is 30.7. The van der Waals surface area contributed by atoms with Crippen molar-refractivity contribution < 1.29 is 8.42 Å². The van der Waals surface area contributed by atoms with Crippen LogP contribution in [0.25, 0.3) is 0 Å². The van der Waals surface area contributed by atoms with Gasteiger partial charge in [-0.25, -0.2) is 8.42 Å². The Bertz CT molecular complexity index is 1240. The van der Waals surface area contributed by atoms with Gasteiger partial charge in [-0.3, -0.25) is 0 Å². The Kier molecular flexibility index (Phi) is 5.56. The Hall–Kier alpha value is -2.63. The number of aryl methyl sites for hydroxylation is 2. The largest absolute Gasteiger partial charge is 0.346 e. The lowest BCUT2D eigenvalue weighted by Gasteiger charge is -2.21. The Morgan fingerprint density at radius 3 is 2.47 bits per heavy atom. The summed E-state index contributed by atoms with van der Waals surface area (Å²) in [6, 6.07) is 17.6. The van der Waals surface area contributed by atoms with E-state index in [4.69, 9.17) is 0 Å². The summed E-state index contributed by atoms with van der Waals surface area (Å²) in [6.07, 6.45) is 6.90. The molecule has 1 saturated heterocycles. The van der Waals surface area contributed by atoms with Crippen molar-refractivity contribution in [2.45, 2.75) is 50.0 Å². The van der Waals surface area contributed by atoms with Crippen LogP contribution >= 0.6 is 0 Å². The van der Waals surface area contributed by atoms with Gasteiger partial charge < -0.3 is 4.57 Å². The van der Waals surface area contributed by atoms with Crippen molar-refractivity contribution >= 4 is 10.0 Å². The van der Waals surface area contributed by atoms with Crippen LogP contribution < -0.4 is 0 Å². The highest BCUT2D eigenvalue weighted by molar-refractivity contribution is 7.89. The molecule has 2 aliphatic rings. The van der Waals surface area contributed by atoms with E-state index in [-0.39, 0.29) is 5.92 Å². The maximum Gasteiger partial charge on any atom is 0.243 e. The zero-order chi connectivity index (χ0) is 22.3. The van der Waals surface area contributed by atoms with E-state index in [9.17, 15) is 8.42 Å². The van der Waals surface area contributed by atoms with Gasteiger partial charge in [-0.2, -0.15) is 4.31 Å². The second-order valence-corrected chi connectivity index (χ2v) is 11.1. The van der Waals surface area contributed by atoms with E-state index < -0.39 is 10.0 Å². The number of nitrogens with zero attached hydrogens (tertiary/aromatic N) is 2. The molecule has 0 saturated carbocycles. The van der Waals surface area contributed by atoms with Gasteiger partial charge in [0.2, 0.25) is 10.0 Å². The summed E-state index contributed by atoms with van der Waals surface area (Å²) in [5.41, 5.74) is 7.42. The molecule has 166 valence electrons. The van der Waals surface area contributed by atoms with Gasteiger partial charge in [0, 0.05) is 37.4 Å². The molecule has 0 spiro atoms. The quantitative estimate of drug-likeness (QED) is 0.514. The van der Waals surface area contributed by atoms with E-state index in [1.165, 1.54) is 35.2 Å². The highest BCUT2D eigenvalue weighted by Gasteiger charge is 2.38. The van der Waals surface area contributed by atoms with Crippen molar-refractivity contribution in [2.24, 2.45) is 0 Å². The minimum absolute atomic E-state index is 0.0285. The van der Waals surface area contributed by atoms with Gasteiger partial charge in [0.1, 0.15) is 0 Å². The lowest BCUT2D eigenvalue weighted by atomic mass is 9.88. The van der Waals surface area contributed by atoms with Crippen molar-refractivity contribution in [3.05, 3.63) is 101 Å². The van der Waals surface area contributed by atoms with E-state index in [1.807, 2.05) is 25.1 Å². The van der Waals surface area contributed by atoms with Crippen molar-refractivity contribution in [1.29, 1.82) is 0 Å². The van der Waals surface area contributed by atoms with E-state index >= 15 is 0 Å². The third kappa shape index (κ3) is 3.84. The molecule has 1 aromatic heterocycles. The monoisotopic (exact) mass is 446 g/mol. The highest BCUT2D eigenvalue weighted by atomic mass is 32.2. The number of aromatic nitrogens is 1. The maximum atomic E-state index is 13.3. The Morgan fingerprint density at radius 2 is 1.72 bits per heavy atom. The summed E-state index contributed by atoms with van der Waals surface area (Å²) in [4.78, 5) is 0.359. The van der Waals surface area contributed by atoms with E-state index in [1.54, 1.807) is 16.4 Å². The van der Waals surface area contributed by atoms with Crippen LogP contribution in [0.15, 0.2) is 77.8 Å². The van der Waals surface area contributed by atoms with Crippen LogP contribution in [0.3, 0.4) is 0 Å². The molecule has 0 unspecified atom stereocenters. The molecule has 32 heavy (non-hydrogen) atoms. The standard InChI is InChI=1S/C27H30N2O2S/c1-20-12-14-24(15-13-20)32(30,31)29-16-21(2)26(19-29)27-25-11-7-6-10-23(25)18-28(27)17-22-8-4-3-5-9-22/h3-5,8-9,12-15,18,26H,2,6-7,10-11,16-17,19H2,1H3/t26-/m1/s1. The second-order valence-electron chi connectivity index (χ2n) is 9.16. The summed E-state index contributed by atoms with van der Waals surface area (Å²) in [7, 11) is -3.54. The van der Waals surface area contributed by atoms with Crippen LogP contribution in [-0.2, 0) is 29.4 Å². The lowest BCUT2D eigenvalue weighted by Crippen LogP contribution is -2.29. The normalized spacial score (nSPS) is 19.3. The molecule has 1 aliphatic heterocycles. The van der Waals surface area contributed by atoms with Crippen LogP contribution in [0.4, 0.5) is 0 Å². The first-order valence-corrected chi connectivity index (χ1v) is 12.9. The molecule has 1 atom stereocenters. The number of sulfonamides is 1. The van der Waals surface area contributed by atoms with E-state index in [0.717, 1.165) is 30.5 Å². The predicted octanol–water partition coefficient (Wildman–Crippen LogP) is 5.07. The molecule has 1 aliphatic carbocycles. The topological polar surface area (TPSA) is 42.3 Å². The number of rotatable bonds is 5. The van der Waals surface area contributed by atoms with Crippen molar-refractivity contribution in [2.75, 3.05) is 13.1 Å². The van der Waals surface area contributed by atoms with Crippen LogP contribution in [0.2, 0.25) is 0 Å². The van der Waals surface area contributed by atoms with E-state index in [2.05, 4.69) is 41.6 Å². The van der Waals surface area contributed by atoms with E-state index in [0.29, 0.717) is 18.0 Å². The predicted molar refractivity (Wildman–Crippen MR) is 128 cm³/mol. The van der Waals surface area contributed by atoms with Gasteiger partial charge in [-0.1, -0.05) is 60.2 Å². The van der Waals surface area contributed by atoms with Gasteiger partial charge in [-0.15, -0.1) is 0 Å². The Morgan fingerprint density at radius 1 is 1.00 bits per heavy atom. The summed E-state index contributed by atoms with van der Waals surface area (Å²) in [5.74, 6) is 0.0285. The third-order valence-corrected chi connectivity index (χ3v) is 8.71. The third-order valence-electron chi connectivity index (χ3n) is 6.88. The van der Waals surface area contributed by atoms with Crippen molar-refractivity contribution in [1.82, 2.24) is 8.87 Å². The molecule has 2 aromatic carbocycles. The number of fused-ring (bicyclic) bond motifs is 1. The highest BCUT2D eigenvalue weighted by Crippen LogP contribution is 2.40. The average Bonchev–Trinajstić information content (AvgIpc) is 3.35. The smallest absolute Gasteiger partial charge is 0.243 e. The second kappa shape index (κ2) is 8.38. The number of hydrogen-bond acceptors (Lipinski definition) is 2. The Labute approximate surface area is 191 Å². The van der Waals surface area contributed by atoms with Gasteiger partial charge in [-0.05, 0) is 61.4 Å². The average molecular weight is 447 g/mol. The molecule has 5 rings (SSSR count). The molecule has 1 fully saturated rings. The molecular weight excluding hydrogens is 416 g/mol. The minimum Gasteiger partial charge on any atom is -0.346 e. The zero-order valence-electron chi connectivity index (χ0n) is 18.6.